The van der Waals surface area contributed by atoms with Crippen LogP contribution in [0.5, 0.6) is 0 Å². The molecule has 0 radical (unpaired) electrons. The first kappa shape index (κ1) is 22.1. The zero-order chi connectivity index (χ0) is 23.1. The summed E-state index contributed by atoms with van der Waals surface area (Å²) < 4.78 is 4.80. The van der Waals surface area contributed by atoms with E-state index in [2.05, 4.69) is 55.9 Å². The molecule has 0 spiro atoms. The molecule has 0 aliphatic carbocycles. The van der Waals surface area contributed by atoms with Gasteiger partial charge >= 0.3 is 0 Å². The van der Waals surface area contributed by atoms with Crippen molar-refractivity contribution in [2.45, 2.75) is 51.4 Å². The predicted octanol–water partition coefficient (Wildman–Crippen LogP) is 4.31. The number of carbonyl (C=O) groups excluding carboxylic acids is 2. The molecule has 0 unspecified atom stereocenters. The molecule has 0 fully saturated rings. The summed E-state index contributed by atoms with van der Waals surface area (Å²) in [7, 11) is 1.52. The van der Waals surface area contributed by atoms with Crippen molar-refractivity contribution in [2.75, 3.05) is 25.0 Å². The van der Waals surface area contributed by atoms with Crippen LogP contribution in [-0.2, 0) is 25.2 Å². The van der Waals surface area contributed by atoms with Crippen LogP contribution in [0.4, 0.5) is 5.69 Å². The highest BCUT2D eigenvalue weighted by Gasteiger charge is 2.39. The van der Waals surface area contributed by atoms with Gasteiger partial charge in [-0.1, -0.05) is 52.0 Å². The maximum absolute atomic E-state index is 12.1. The van der Waals surface area contributed by atoms with E-state index < -0.39 is 0 Å². The highest BCUT2D eigenvalue weighted by molar-refractivity contribution is 6.22. The molecule has 0 bridgehead atoms. The molecule has 0 saturated carbocycles. The maximum Gasteiger partial charge on any atom is 0.299 e. The lowest BCUT2D eigenvalue weighted by molar-refractivity contribution is -0.124. The van der Waals surface area contributed by atoms with Crippen LogP contribution in [0, 0.1) is 0 Å². The summed E-state index contributed by atoms with van der Waals surface area (Å²) in [5, 5.41) is 5.06. The molecule has 3 heterocycles. The molecule has 0 saturated heterocycles. The Morgan fingerprint density at radius 3 is 2.22 bits per heavy atom. The fraction of sp³-hybridized carbons (Fsp3) is 0.423. The van der Waals surface area contributed by atoms with Crippen molar-refractivity contribution in [3.05, 3.63) is 58.7 Å². The third-order valence-corrected chi connectivity index (χ3v) is 6.85. The Bertz CT molecular complexity index is 1030. The van der Waals surface area contributed by atoms with Gasteiger partial charge < -0.3 is 9.64 Å². The van der Waals surface area contributed by atoms with Gasteiger partial charge in [0.05, 0.1) is 0 Å². The van der Waals surface area contributed by atoms with Gasteiger partial charge in [0.15, 0.2) is 0 Å². The molecule has 32 heavy (non-hydrogen) atoms. The van der Waals surface area contributed by atoms with E-state index in [9.17, 15) is 9.59 Å². The average molecular weight is 434 g/mol. The van der Waals surface area contributed by atoms with E-state index in [1.54, 1.807) is 12.2 Å². The Kier molecular flexibility index (Phi) is 5.57. The van der Waals surface area contributed by atoms with E-state index in [1.165, 1.54) is 29.4 Å². The first-order valence-corrected chi connectivity index (χ1v) is 11.1. The third-order valence-electron chi connectivity index (χ3n) is 6.85. The smallest absolute Gasteiger partial charge is 0.299 e. The van der Waals surface area contributed by atoms with E-state index in [-0.39, 0.29) is 34.7 Å². The van der Waals surface area contributed by atoms with E-state index >= 15 is 0 Å². The largest absolute Gasteiger partial charge is 0.407 e. The molecule has 0 N–H and O–H groups in total. The van der Waals surface area contributed by atoms with Gasteiger partial charge in [-0.3, -0.25) is 9.59 Å². The Balaban J connectivity index is 1.61. The van der Waals surface area contributed by atoms with E-state index in [4.69, 9.17) is 4.74 Å². The number of hydrogen-bond donors (Lipinski definition) is 0. The van der Waals surface area contributed by atoms with Crippen molar-refractivity contribution in [2.24, 2.45) is 5.10 Å². The molecule has 1 aromatic carbocycles. The molecule has 3 aliphatic rings. The lowest BCUT2D eigenvalue weighted by Crippen LogP contribution is -2.44. The minimum Gasteiger partial charge on any atom is -0.407 e. The summed E-state index contributed by atoms with van der Waals surface area (Å²) in [6.07, 6.45) is 11.6. The van der Waals surface area contributed by atoms with Crippen molar-refractivity contribution in [1.82, 2.24) is 5.01 Å². The Morgan fingerprint density at radius 2 is 1.62 bits per heavy atom. The molecule has 3 aliphatic heterocycles. The van der Waals surface area contributed by atoms with Crippen molar-refractivity contribution < 1.29 is 14.3 Å². The molecular formula is C26H31N3O3. The number of anilines is 1. The molecule has 1 aromatic rings. The monoisotopic (exact) mass is 433 g/mol. The van der Waals surface area contributed by atoms with Gasteiger partial charge in [0.2, 0.25) is 0 Å². The third kappa shape index (κ3) is 3.90. The molecule has 4 rings (SSSR count). The predicted molar refractivity (Wildman–Crippen MR) is 128 cm³/mol. The van der Waals surface area contributed by atoms with Gasteiger partial charge in [0, 0.05) is 25.8 Å². The number of rotatable bonds is 4. The summed E-state index contributed by atoms with van der Waals surface area (Å²) in [4.78, 5) is 25.3. The summed E-state index contributed by atoms with van der Waals surface area (Å²) in [5.41, 5.74) is 6.07. The standard InChI is InChI=1S/C26H31N3O3/c1-25(2)11-13-29-14-12-26(3,4)21-16-18(15-20(25)22(21)29)9-7-6-8-10-19-23(32-17-30)27-28(5)24(19)31/h6-10,15-17H,11-14H2,1-5H3/b8-6+,9-7+,19-10-. The highest BCUT2D eigenvalue weighted by Crippen LogP contribution is 2.49. The minimum atomic E-state index is -0.307. The fourth-order valence-electron chi connectivity index (χ4n) is 4.72. The second-order valence-electron chi connectivity index (χ2n) is 9.99. The van der Waals surface area contributed by atoms with Crippen LogP contribution in [0.3, 0.4) is 0 Å². The van der Waals surface area contributed by atoms with E-state index in [1.807, 2.05) is 12.2 Å². The Morgan fingerprint density at radius 1 is 1.00 bits per heavy atom. The number of hydrogen-bond acceptors (Lipinski definition) is 5. The molecule has 6 nitrogen and oxygen atoms in total. The average Bonchev–Trinajstić information content (AvgIpc) is 3.00. The molecule has 168 valence electrons. The zero-order valence-corrected chi connectivity index (χ0v) is 19.5. The molecule has 6 heteroatoms. The number of ether oxygens (including phenoxy) is 1. The quantitative estimate of drug-likeness (QED) is 0.403. The summed E-state index contributed by atoms with van der Waals surface area (Å²) in [6.45, 7) is 11.9. The number of allylic oxidation sites excluding steroid dienone is 4. The topological polar surface area (TPSA) is 62.2 Å². The molecule has 0 aromatic heterocycles. The first-order chi connectivity index (χ1) is 15.1. The SMILES string of the molecule is CN1N=C(OC=O)/C(=C/C=C/C=C/c2cc3c4c(c2)C(C)(C)CCN4CCC3(C)C)C1=O. The Hall–Kier alpha value is -3.15. The number of carbonyl (C=O) groups is 2. The molecular weight excluding hydrogens is 402 g/mol. The fourth-order valence-corrected chi connectivity index (χ4v) is 4.72. The van der Waals surface area contributed by atoms with Crippen molar-refractivity contribution in [3.63, 3.8) is 0 Å². The number of hydrazone groups is 1. The van der Waals surface area contributed by atoms with Gasteiger partial charge in [-0.05, 0) is 58.6 Å². The van der Waals surface area contributed by atoms with Crippen LogP contribution in [0.1, 0.15) is 57.2 Å². The number of amides is 1. The number of likely N-dealkylation sites (N-methyl/N-ethyl adjacent to an activating group) is 1. The van der Waals surface area contributed by atoms with Crippen LogP contribution in [-0.4, -0.2) is 43.4 Å². The van der Waals surface area contributed by atoms with Gasteiger partial charge in [-0.25, -0.2) is 5.01 Å². The molecule has 1 amide bonds. The van der Waals surface area contributed by atoms with Crippen molar-refractivity contribution >= 4 is 30.0 Å². The number of benzene rings is 1. The molecule has 0 atom stereocenters. The van der Waals surface area contributed by atoms with Gasteiger partial charge in [-0.2, -0.15) is 0 Å². The lowest BCUT2D eigenvalue weighted by Gasteiger charge is -2.48. The zero-order valence-electron chi connectivity index (χ0n) is 19.5. The highest BCUT2D eigenvalue weighted by atomic mass is 16.5. The number of nitrogens with zero attached hydrogens (tertiary/aromatic N) is 3. The van der Waals surface area contributed by atoms with Gasteiger partial charge in [0.25, 0.3) is 18.3 Å². The van der Waals surface area contributed by atoms with Crippen LogP contribution in [0.2, 0.25) is 0 Å². The Labute approximate surface area is 189 Å². The van der Waals surface area contributed by atoms with E-state index in [0.29, 0.717) is 0 Å². The van der Waals surface area contributed by atoms with Gasteiger partial charge in [0.1, 0.15) is 5.57 Å². The summed E-state index contributed by atoms with van der Waals surface area (Å²) >= 11 is 0. The summed E-state index contributed by atoms with van der Waals surface area (Å²) in [5.74, 6) is -0.290. The summed E-state index contributed by atoms with van der Waals surface area (Å²) in [6, 6.07) is 4.65. The van der Waals surface area contributed by atoms with Crippen LogP contribution >= 0.6 is 0 Å². The van der Waals surface area contributed by atoms with Gasteiger partial charge in [-0.15, -0.1) is 5.10 Å². The maximum atomic E-state index is 12.1. The lowest BCUT2D eigenvalue weighted by atomic mass is 9.69. The van der Waals surface area contributed by atoms with Crippen LogP contribution in [0.25, 0.3) is 6.08 Å². The van der Waals surface area contributed by atoms with Crippen LogP contribution in [0.15, 0.2) is 47.1 Å². The normalized spacial score (nSPS) is 22.6. The second-order valence-corrected chi connectivity index (χ2v) is 9.99. The van der Waals surface area contributed by atoms with E-state index in [0.717, 1.165) is 30.9 Å². The van der Waals surface area contributed by atoms with Crippen LogP contribution < -0.4 is 4.90 Å². The first-order valence-electron chi connectivity index (χ1n) is 11.1. The van der Waals surface area contributed by atoms with Crippen molar-refractivity contribution in [1.29, 1.82) is 0 Å². The van der Waals surface area contributed by atoms with Crippen molar-refractivity contribution in [3.8, 4) is 0 Å². The second kappa shape index (κ2) is 8.08. The minimum absolute atomic E-state index is 0.0175.